The Morgan fingerprint density at radius 2 is 2.03 bits per heavy atom. The van der Waals surface area contributed by atoms with Gasteiger partial charge in [-0.15, -0.1) is 0 Å². The Balaban J connectivity index is 1.31. The molecule has 1 fully saturated rings. The summed E-state index contributed by atoms with van der Waals surface area (Å²) in [5.41, 5.74) is 5.14. The van der Waals surface area contributed by atoms with Crippen molar-refractivity contribution in [3.05, 3.63) is 77.2 Å². The smallest absolute Gasteiger partial charge is 0.338 e. The number of hydrogen-bond acceptors (Lipinski definition) is 6. The van der Waals surface area contributed by atoms with Crippen molar-refractivity contribution in [2.45, 2.75) is 43.9 Å². The van der Waals surface area contributed by atoms with Crippen molar-refractivity contribution in [3.8, 4) is 5.75 Å². The second-order valence-electron chi connectivity index (χ2n) is 8.90. The SMILES string of the molecule is COC(=O)c1ccncc1CC[C@@H]1CCOc2cc(N(C)c3ccc(C4CC4)cn3)ccc21. The van der Waals surface area contributed by atoms with E-state index in [0.717, 1.165) is 42.1 Å². The minimum absolute atomic E-state index is 0.314. The molecule has 6 heteroatoms. The number of esters is 1. The highest BCUT2D eigenvalue weighted by Crippen LogP contribution is 2.41. The first-order valence-corrected chi connectivity index (χ1v) is 11.6. The van der Waals surface area contributed by atoms with Gasteiger partial charge in [0.1, 0.15) is 11.6 Å². The van der Waals surface area contributed by atoms with Crippen molar-refractivity contribution in [1.29, 1.82) is 0 Å². The molecule has 2 aromatic heterocycles. The van der Waals surface area contributed by atoms with Crippen molar-refractivity contribution < 1.29 is 14.3 Å². The molecule has 0 radical (unpaired) electrons. The van der Waals surface area contributed by atoms with Gasteiger partial charge in [-0.2, -0.15) is 0 Å². The molecule has 1 atom stereocenters. The van der Waals surface area contributed by atoms with Gasteiger partial charge in [0.15, 0.2) is 0 Å². The average molecular weight is 444 g/mol. The molecule has 1 saturated carbocycles. The van der Waals surface area contributed by atoms with Crippen LogP contribution < -0.4 is 9.64 Å². The third-order valence-corrected chi connectivity index (χ3v) is 6.78. The third-order valence-electron chi connectivity index (χ3n) is 6.78. The van der Waals surface area contributed by atoms with Gasteiger partial charge in [0.05, 0.1) is 19.3 Å². The number of anilines is 2. The van der Waals surface area contributed by atoms with Crippen LogP contribution in [-0.2, 0) is 11.2 Å². The molecular formula is C27H29N3O3. The fraction of sp³-hybridized carbons (Fsp3) is 0.370. The summed E-state index contributed by atoms with van der Waals surface area (Å²) >= 11 is 0. The predicted molar refractivity (Wildman–Crippen MR) is 127 cm³/mol. The van der Waals surface area contributed by atoms with Crippen LogP contribution >= 0.6 is 0 Å². The summed E-state index contributed by atoms with van der Waals surface area (Å²) in [6, 6.07) is 12.5. The molecule has 0 spiro atoms. The zero-order valence-electron chi connectivity index (χ0n) is 19.2. The molecular weight excluding hydrogens is 414 g/mol. The maximum Gasteiger partial charge on any atom is 0.338 e. The molecule has 0 unspecified atom stereocenters. The van der Waals surface area contributed by atoms with E-state index < -0.39 is 0 Å². The number of hydrogen-bond donors (Lipinski definition) is 0. The van der Waals surface area contributed by atoms with E-state index >= 15 is 0 Å². The predicted octanol–water partition coefficient (Wildman–Crippen LogP) is 5.41. The quantitative estimate of drug-likeness (QED) is 0.455. The maximum atomic E-state index is 12.1. The standard InChI is InChI=1S/C27H29N3O3/c1-30(26-10-7-20(17-29-26)18-3-4-18)22-8-9-23-19(12-14-33-25(23)15-22)5-6-21-16-28-13-11-24(21)27(31)32-2/h7-11,13,15-19H,3-6,12,14H2,1-2H3/t19-/m1/s1. The molecule has 2 aliphatic rings. The van der Waals surface area contributed by atoms with Gasteiger partial charge in [-0.25, -0.2) is 9.78 Å². The Morgan fingerprint density at radius 3 is 2.79 bits per heavy atom. The molecule has 5 rings (SSSR count). The Morgan fingerprint density at radius 1 is 1.15 bits per heavy atom. The number of aryl methyl sites for hydroxylation is 1. The Hall–Kier alpha value is -3.41. The second-order valence-corrected chi connectivity index (χ2v) is 8.90. The van der Waals surface area contributed by atoms with Crippen molar-refractivity contribution in [2.75, 3.05) is 25.7 Å². The lowest BCUT2D eigenvalue weighted by Crippen LogP contribution is -2.17. The van der Waals surface area contributed by atoms with Gasteiger partial charge in [0.2, 0.25) is 0 Å². The van der Waals surface area contributed by atoms with Crippen LogP contribution in [0.1, 0.15) is 64.6 Å². The zero-order valence-corrected chi connectivity index (χ0v) is 19.2. The van der Waals surface area contributed by atoms with Crippen LogP contribution in [0.25, 0.3) is 0 Å². The first-order valence-electron chi connectivity index (χ1n) is 11.6. The summed E-state index contributed by atoms with van der Waals surface area (Å²) in [7, 11) is 3.45. The van der Waals surface area contributed by atoms with Gasteiger partial charge in [0, 0.05) is 37.4 Å². The number of benzene rings is 1. The van der Waals surface area contributed by atoms with Crippen molar-refractivity contribution >= 4 is 17.5 Å². The minimum atomic E-state index is -0.314. The zero-order chi connectivity index (χ0) is 22.8. The lowest BCUT2D eigenvalue weighted by atomic mass is 9.87. The first kappa shape index (κ1) is 21.4. The highest BCUT2D eigenvalue weighted by atomic mass is 16.5. The number of nitrogens with zero attached hydrogens (tertiary/aromatic N) is 3. The van der Waals surface area contributed by atoms with Crippen LogP contribution in [0.3, 0.4) is 0 Å². The molecule has 0 bridgehead atoms. The van der Waals surface area contributed by atoms with E-state index in [1.165, 1.54) is 31.1 Å². The van der Waals surface area contributed by atoms with Crippen LogP contribution in [0.4, 0.5) is 11.5 Å². The summed E-state index contributed by atoms with van der Waals surface area (Å²) in [4.78, 5) is 23.1. The Labute approximate surface area is 194 Å². The van der Waals surface area contributed by atoms with Crippen LogP contribution in [0, 0.1) is 0 Å². The number of aromatic nitrogens is 2. The van der Waals surface area contributed by atoms with Gasteiger partial charge in [-0.3, -0.25) is 4.98 Å². The van der Waals surface area contributed by atoms with Gasteiger partial charge in [0.25, 0.3) is 0 Å². The highest BCUT2D eigenvalue weighted by Gasteiger charge is 2.25. The van der Waals surface area contributed by atoms with E-state index in [1.54, 1.807) is 18.5 Å². The molecule has 3 heterocycles. The van der Waals surface area contributed by atoms with Gasteiger partial charge in [-0.1, -0.05) is 12.1 Å². The first-order chi connectivity index (χ1) is 16.1. The second kappa shape index (κ2) is 9.22. The van der Waals surface area contributed by atoms with Crippen LogP contribution in [-0.4, -0.2) is 36.7 Å². The largest absolute Gasteiger partial charge is 0.493 e. The number of fused-ring (bicyclic) bond motifs is 1. The molecule has 0 saturated heterocycles. The van der Waals surface area contributed by atoms with E-state index in [1.807, 2.05) is 13.2 Å². The fourth-order valence-electron chi connectivity index (χ4n) is 4.61. The van der Waals surface area contributed by atoms with Crippen LogP contribution in [0.2, 0.25) is 0 Å². The number of rotatable bonds is 7. The van der Waals surface area contributed by atoms with Gasteiger partial charge < -0.3 is 14.4 Å². The molecule has 1 aromatic carbocycles. The van der Waals surface area contributed by atoms with E-state index in [2.05, 4.69) is 45.2 Å². The van der Waals surface area contributed by atoms with E-state index in [4.69, 9.17) is 9.47 Å². The summed E-state index contributed by atoms with van der Waals surface area (Å²) in [5.74, 6) is 2.63. The number of carbonyl (C=O) groups is 1. The number of carbonyl (C=O) groups excluding carboxylic acids is 1. The highest BCUT2D eigenvalue weighted by molar-refractivity contribution is 5.90. The fourth-order valence-corrected chi connectivity index (χ4v) is 4.61. The van der Waals surface area contributed by atoms with Crippen LogP contribution in [0.15, 0.2) is 55.0 Å². The van der Waals surface area contributed by atoms with Gasteiger partial charge >= 0.3 is 5.97 Å². The Bertz CT molecular complexity index is 1140. The van der Waals surface area contributed by atoms with E-state index in [9.17, 15) is 4.79 Å². The maximum absolute atomic E-state index is 12.1. The molecule has 6 nitrogen and oxygen atoms in total. The summed E-state index contributed by atoms with van der Waals surface area (Å²) in [5, 5.41) is 0. The van der Waals surface area contributed by atoms with Crippen LogP contribution in [0.5, 0.6) is 5.75 Å². The minimum Gasteiger partial charge on any atom is -0.493 e. The van der Waals surface area contributed by atoms with Crippen molar-refractivity contribution in [2.24, 2.45) is 0 Å². The Kier molecular flexibility index (Phi) is 5.99. The molecule has 170 valence electrons. The summed E-state index contributed by atoms with van der Waals surface area (Å²) in [6.45, 7) is 0.691. The number of methoxy groups -OCH3 is 1. The average Bonchev–Trinajstić information content (AvgIpc) is 3.72. The van der Waals surface area contributed by atoms with E-state index in [0.29, 0.717) is 24.0 Å². The summed E-state index contributed by atoms with van der Waals surface area (Å²) < 4.78 is 11.0. The van der Waals surface area contributed by atoms with Gasteiger partial charge in [-0.05, 0) is 78.8 Å². The molecule has 3 aromatic rings. The lowest BCUT2D eigenvalue weighted by molar-refractivity contribution is 0.0599. The molecule has 1 aliphatic heterocycles. The molecule has 0 N–H and O–H groups in total. The monoisotopic (exact) mass is 443 g/mol. The topological polar surface area (TPSA) is 64.6 Å². The van der Waals surface area contributed by atoms with Crippen molar-refractivity contribution in [3.63, 3.8) is 0 Å². The third kappa shape index (κ3) is 4.56. The molecule has 33 heavy (non-hydrogen) atoms. The lowest BCUT2D eigenvalue weighted by Gasteiger charge is -2.28. The normalized spacial score (nSPS) is 17.1. The van der Waals surface area contributed by atoms with E-state index in [-0.39, 0.29) is 5.97 Å². The molecule has 1 aliphatic carbocycles. The summed E-state index contributed by atoms with van der Waals surface area (Å²) in [6.07, 6.45) is 10.6. The molecule has 0 amide bonds. The number of ether oxygens (including phenoxy) is 2. The number of pyridine rings is 2. The van der Waals surface area contributed by atoms with Crippen molar-refractivity contribution in [1.82, 2.24) is 9.97 Å².